The summed E-state index contributed by atoms with van der Waals surface area (Å²) in [6.07, 6.45) is 0.568. The van der Waals surface area contributed by atoms with Gasteiger partial charge in [0.1, 0.15) is 6.17 Å². The number of ether oxygens (including phenoxy) is 2. The third-order valence-electron chi connectivity index (χ3n) is 4.26. The Hall–Kier alpha value is -2.40. The number of rotatable bonds is 5. The fourth-order valence-corrected chi connectivity index (χ4v) is 3.25. The summed E-state index contributed by atoms with van der Waals surface area (Å²) in [5.41, 5.74) is 2.30. The molecule has 0 aliphatic carbocycles. The Bertz CT molecular complexity index is 794. The van der Waals surface area contributed by atoms with Gasteiger partial charge in [0.25, 0.3) is 5.91 Å². The minimum Gasteiger partial charge on any atom is -0.493 e. The van der Waals surface area contributed by atoms with E-state index in [0.717, 1.165) is 17.7 Å². The number of halogens is 1. The van der Waals surface area contributed by atoms with Crippen molar-refractivity contribution in [3.63, 3.8) is 0 Å². The summed E-state index contributed by atoms with van der Waals surface area (Å²) in [5, 5.41) is 4.02. The maximum absolute atomic E-state index is 13.0. The lowest BCUT2D eigenvalue weighted by Gasteiger charge is -2.38. The number of benzene rings is 2. The second-order valence-electron chi connectivity index (χ2n) is 5.85. The van der Waals surface area contributed by atoms with Crippen LogP contribution in [0, 0.1) is 0 Å². The van der Waals surface area contributed by atoms with Crippen molar-refractivity contribution in [1.82, 2.24) is 4.90 Å². The van der Waals surface area contributed by atoms with E-state index in [-0.39, 0.29) is 12.1 Å². The number of carbonyl (C=O) groups is 1. The molecule has 0 aromatic heterocycles. The van der Waals surface area contributed by atoms with Crippen molar-refractivity contribution in [2.75, 3.05) is 26.1 Å². The first-order valence-corrected chi connectivity index (χ1v) is 8.55. The van der Waals surface area contributed by atoms with Crippen LogP contribution in [0.25, 0.3) is 0 Å². The Kier molecular flexibility index (Phi) is 5.04. The van der Waals surface area contributed by atoms with Crippen LogP contribution >= 0.6 is 11.6 Å². The number of hydrogen-bond acceptors (Lipinski definition) is 4. The Balaban J connectivity index is 2.05. The smallest absolute Gasteiger partial charge is 0.257 e. The van der Waals surface area contributed by atoms with Gasteiger partial charge in [-0.3, -0.25) is 4.79 Å². The van der Waals surface area contributed by atoms with Crippen molar-refractivity contribution >= 4 is 23.2 Å². The number of methoxy groups -OCH3 is 2. The van der Waals surface area contributed by atoms with E-state index in [1.807, 2.05) is 23.1 Å². The van der Waals surface area contributed by atoms with Crippen LogP contribution in [0.3, 0.4) is 0 Å². The predicted octanol–water partition coefficient (Wildman–Crippen LogP) is 4.33. The molecular formula is C19H21ClN2O3. The van der Waals surface area contributed by atoms with Crippen LogP contribution in [0.4, 0.5) is 5.69 Å². The molecule has 0 bridgehead atoms. The molecule has 0 saturated carbocycles. The summed E-state index contributed by atoms with van der Waals surface area (Å²) >= 11 is 6.10. The van der Waals surface area contributed by atoms with Gasteiger partial charge in [-0.1, -0.05) is 24.6 Å². The molecule has 6 heteroatoms. The van der Waals surface area contributed by atoms with E-state index >= 15 is 0 Å². The van der Waals surface area contributed by atoms with Crippen molar-refractivity contribution in [3.8, 4) is 11.5 Å². The molecule has 0 fully saturated rings. The monoisotopic (exact) mass is 360 g/mol. The second-order valence-corrected chi connectivity index (χ2v) is 6.29. The fourth-order valence-electron chi connectivity index (χ4n) is 3.08. The predicted molar refractivity (Wildman–Crippen MR) is 98.7 cm³/mol. The largest absolute Gasteiger partial charge is 0.493 e. The maximum atomic E-state index is 13.0. The van der Waals surface area contributed by atoms with Gasteiger partial charge < -0.3 is 19.7 Å². The summed E-state index contributed by atoms with van der Waals surface area (Å²) in [6.45, 7) is 2.70. The molecule has 0 spiro atoms. The second kappa shape index (κ2) is 7.23. The molecule has 132 valence electrons. The highest BCUT2D eigenvalue weighted by molar-refractivity contribution is 6.31. The van der Waals surface area contributed by atoms with E-state index in [4.69, 9.17) is 21.1 Å². The van der Waals surface area contributed by atoms with Crippen LogP contribution in [-0.4, -0.2) is 31.6 Å². The lowest BCUT2D eigenvalue weighted by Crippen LogP contribution is -2.43. The zero-order chi connectivity index (χ0) is 18.0. The molecule has 5 nitrogen and oxygen atoms in total. The molecule has 0 radical (unpaired) electrons. The zero-order valence-electron chi connectivity index (χ0n) is 14.5. The molecule has 2 aromatic carbocycles. The average Bonchev–Trinajstić information content (AvgIpc) is 2.63. The third kappa shape index (κ3) is 3.24. The average molecular weight is 361 g/mol. The maximum Gasteiger partial charge on any atom is 0.257 e. The van der Waals surface area contributed by atoms with Gasteiger partial charge in [0.05, 0.1) is 25.5 Å². The van der Waals surface area contributed by atoms with Crippen LogP contribution in [0.15, 0.2) is 36.4 Å². The minimum absolute atomic E-state index is 0.00736. The first-order chi connectivity index (χ1) is 12.1. The van der Waals surface area contributed by atoms with Crippen LogP contribution in [-0.2, 0) is 0 Å². The number of nitrogens with one attached hydrogen (secondary N) is 1. The Labute approximate surface area is 152 Å². The number of fused-ring (bicyclic) bond motifs is 1. The molecule has 1 N–H and O–H groups in total. The van der Waals surface area contributed by atoms with Gasteiger partial charge in [-0.15, -0.1) is 0 Å². The van der Waals surface area contributed by atoms with Crippen molar-refractivity contribution < 1.29 is 14.3 Å². The molecular weight excluding hydrogens is 340 g/mol. The molecule has 1 aliphatic heterocycles. The van der Waals surface area contributed by atoms with E-state index in [2.05, 4.69) is 12.2 Å². The highest BCUT2D eigenvalue weighted by Gasteiger charge is 2.32. The summed E-state index contributed by atoms with van der Waals surface area (Å²) in [5.74, 6) is 1.27. The van der Waals surface area contributed by atoms with Gasteiger partial charge in [-0.25, -0.2) is 0 Å². The van der Waals surface area contributed by atoms with Crippen molar-refractivity contribution in [2.45, 2.75) is 19.5 Å². The van der Waals surface area contributed by atoms with Crippen LogP contribution in [0.2, 0.25) is 5.02 Å². The summed E-state index contributed by atoms with van der Waals surface area (Å²) < 4.78 is 10.7. The third-order valence-corrected chi connectivity index (χ3v) is 4.50. The van der Waals surface area contributed by atoms with Crippen molar-refractivity contribution in [3.05, 3.63) is 52.5 Å². The van der Waals surface area contributed by atoms with Crippen molar-refractivity contribution in [2.24, 2.45) is 0 Å². The first-order valence-electron chi connectivity index (χ1n) is 8.18. The quantitative estimate of drug-likeness (QED) is 0.862. The molecule has 2 aromatic rings. The van der Waals surface area contributed by atoms with E-state index in [0.29, 0.717) is 28.6 Å². The normalized spacial score (nSPS) is 16.2. The molecule has 0 saturated heterocycles. The lowest BCUT2D eigenvalue weighted by molar-refractivity contribution is 0.0683. The molecule has 1 amide bonds. The van der Waals surface area contributed by atoms with Crippen molar-refractivity contribution in [1.29, 1.82) is 0 Å². The highest BCUT2D eigenvalue weighted by atomic mass is 35.5. The van der Waals surface area contributed by atoms with Gasteiger partial charge >= 0.3 is 0 Å². The van der Waals surface area contributed by atoms with E-state index in [1.54, 1.807) is 32.4 Å². The van der Waals surface area contributed by atoms with Gasteiger partial charge in [0, 0.05) is 11.6 Å². The topological polar surface area (TPSA) is 50.8 Å². The Morgan fingerprint density at radius 2 is 1.88 bits per heavy atom. The van der Waals surface area contributed by atoms with Crippen LogP contribution in [0.1, 0.15) is 35.4 Å². The van der Waals surface area contributed by atoms with Crippen LogP contribution < -0.4 is 14.8 Å². The standard InChI is InChI=1S/C19H21ClN2O3/c1-4-9-22-18(12-5-8-16(24-2)17(10-12)25-3)21-15-11-13(20)6-7-14(15)19(22)23/h5-8,10-11,18,21H,4,9H2,1-3H3. The first kappa shape index (κ1) is 17.4. The summed E-state index contributed by atoms with van der Waals surface area (Å²) in [6, 6.07) is 11.0. The molecule has 1 aliphatic rings. The molecule has 1 heterocycles. The number of nitrogens with zero attached hydrogens (tertiary/aromatic N) is 1. The number of anilines is 1. The van der Waals surface area contributed by atoms with Gasteiger partial charge in [-0.05, 0) is 42.3 Å². The fraction of sp³-hybridized carbons (Fsp3) is 0.316. The number of hydrogen-bond donors (Lipinski definition) is 1. The highest BCUT2D eigenvalue weighted by Crippen LogP contribution is 2.37. The molecule has 3 rings (SSSR count). The SMILES string of the molecule is CCCN1C(=O)c2ccc(Cl)cc2NC1c1ccc(OC)c(OC)c1. The number of carbonyl (C=O) groups excluding carboxylic acids is 1. The molecule has 1 unspecified atom stereocenters. The van der Waals surface area contributed by atoms with E-state index < -0.39 is 0 Å². The van der Waals surface area contributed by atoms with Gasteiger partial charge in [-0.2, -0.15) is 0 Å². The van der Waals surface area contributed by atoms with Gasteiger partial charge in [0.15, 0.2) is 11.5 Å². The number of amides is 1. The minimum atomic E-state index is -0.293. The van der Waals surface area contributed by atoms with E-state index in [1.165, 1.54) is 0 Å². The molecule has 1 atom stereocenters. The van der Waals surface area contributed by atoms with Crippen LogP contribution in [0.5, 0.6) is 11.5 Å². The molecule has 25 heavy (non-hydrogen) atoms. The zero-order valence-corrected chi connectivity index (χ0v) is 15.3. The lowest BCUT2D eigenvalue weighted by atomic mass is 10.0. The summed E-state index contributed by atoms with van der Waals surface area (Å²) in [4.78, 5) is 14.8. The summed E-state index contributed by atoms with van der Waals surface area (Å²) in [7, 11) is 3.20. The Morgan fingerprint density at radius 3 is 2.56 bits per heavy atom. The van der Waals surface area contributed by atoms with Gasteiger partial charge in [0.2, 0.25) is 0 Å². The Morgan fingerprint density at radius 1 is 1.12 bits per heavy atom. The van der Waals surface area contributed by atoms with E-state index in [9.17, 15) is 4.79 Å².